The van der Waals surface area contributed by atoms with Crippen molar-refractivity contribution < 1.29 is 9.53 Å². The molecule has 1 spiro atoms. The zero-order valence-electron chi connectivity index (χ0n) is 27.4. The predicted molar refractivity (Wildman–Crippen MR) is 183 cm³/mol. The second-order valence-corrected chi connectivity index (χ2v) is 13.1. The molecule has 1 aliphatic carbocycles. The lowest BCUT2D eigenvalue weighted by Crippen LogP contribution is -2.49. The number of aromatic nitrogens is 5. The number of rotatable bonds is 8. The normalized spacial score (nSPS) is 20.3. The number of hydrogen-bond acceptors (Lipinski definition) is 9. The lowest BCUT2D eigenvalue weighted by molar-refractivity contribution is -0.0147. The summed E-state index contributed by atoms with van der Waals surface area (Å²) in [4.78, 5) is 31.9. The van der Waals surface area contributed by atoms with Crippen molar-refractivity contribution in [3.63, 3.8) is 0 Å². The number of benzene rings is 1. The van der Waals surface area contributed by atoms with E-state index >= 15 is 0 Å². The molecule has 48 heavy (non-hydrogen) atoms. The Kier molecular flexibility index (Phi) is 9.20. The molecule has 1 aromatic carbocycles. The van der Waals surface area contributed by atoms with Gasteiger partial charge in [0, 0.05) is 68.9 Å². The highest BCUT2D eigenvalue weighted by Crippen LogP contribution is 2.37. The van der Waals surface area contributed by atoms with Gasteiger partial charge in [-0.3, -0.25) is 9.58 Å². The Morgan fingerprint density at radius 3 is 2.50 bits per heavy atom. The largest absolute Gasteiger partial charge is 0.375 e. The van der Waals surface area contributed by atoms with E-state index in [0.717, 1.165) is 87.8 Å². The summed E-state index contributed by atoms with van der Waals surface area (Å²) in [6.07, 6.45) is 14.6. The van der Waals surface area contributed by atoms with Gasteiger partial charge in [-0.1, -0.05) is 30.3 Å². The van der Waals surface area contributed by atoms with Gasteiger partial charge in [0.2, 0.25) is 5.95 Å². The first-order chi connectivity index (χ1) is 23.5. The number of amides is 2. The van der Waals surface area contributed by atoms with Crippen LogP contribution in [0.25, 0.3) is 11.1 Å². The number of nitrogens with one attached hydrogen (secondary N) is 2. The Balaban J connectivity index is 1.02. The van der Waals surface area contributed by atoms with Crippen molar-refractivity contribution in [2.24, 2.45) is 7.05 Å². The number of urea groups is 1. The molecular formula is C36H42N10O2. The molecule has 12 heteroatoms. The van der Waals surface area contributed by atoms with Gasteiger partial charge in [0.05, 0.1) is 18.0 Å². The second kappa shape index (κ2) is 14.0. The zero-order chi connectivity index (χ0) is 32.9. The summed E-state index contributed by atoms with van der Waals surface area (Å²) in [5.74, 6) is 1.85. The fraction of sp³-hybridized carbons (Fsp3) is 0.444. The highest BCUT2D eigenvalue weighted by molar-refractivity contribution is 5.91. The number of hydrogen-bond donors (Lipinski definition) is 2. The van der Waals surface area contributed by atoms with Crippen LogP contribution in [0.5, 0.6) is 0 Å². The minimum atomic E-state index is -0.164. The molecule has 3 aromatic heterocycles. The standard InChI is InChI=1S/C36H42N10O2/c1-44-25-29(24-41-44)27-8-13-32(38-22-27)46(35(47)40-21-26-6-3-2-4-7-26)31-11-9-30(10-12-31)42-34-39-23-28(20-37)33(43-34)45-17-15-36(16-18-45)14-5-19-48-36/h2-4,6-8,13,22-25,30-31H,5,9-12,14-19,21H2,1H3,(H,40,47)(H,39,42,43). The molecule has 5 heterocycles. The van der Waals surface area contributed by atoms with E-state index in [9.17, 15) is 10.1 Å². The number of piperidine rings is 1. The van der Waals surface area contributed by atoms with Crippen molar-refractivity contribution in [3.05, 3.63) is 78.4 Å². The molecule has 2 aliphatic heterocycles. The van der Waals surface area contributed by atoms with Crippen molar-refractivity contribution in [1.82, 2.24) is 30.0 Å². The molecule has 2 amide bonds. The van der Waals surface area contributed by atoms with E-state index in [4.69, 9.17) is 14.7 Å². The minimum absolute atomic E-state index is 0.000674. The molecular weight excluding hydrogens is 604 g/mol. The van der Waals surface area contributed by atoms with Crippen LogP contribution < -0.4 is 20.4 Å². The average Bonchev–Trinajstić information content (AvgIpc) is 3.78. The third-order valence-corrected chi connectivity index (χ3v) is 9.98. The number of carbonyl (C=O) groups excluding carboxylic acids is 1. The second-order valence-electron chi connectivity index (χ2n) is 13.1. The van der Waals surface area contributed by atoms with E-state index in [1.54, 1.807) is 17.1 Å². The number of ether oxygens (including phenoxy) is 1. The van der Waals surface area contributed by atoms with Gasteiger partial charge in [0.15, 0.2) is 5.82 Å². The van der Waals surface area contributed by atoms with E-state index in [2.05, 4.69) is 31.7 Å². The van der Waals surface area contributed by atoms with Crippen molar-refractivity contribution in [1.29, 1.82) is 5.26 Å². The smallest absolute Gasteiger partial charge is 0.323 e. The maximum Gasteiger partial charge on any atom is 0.323 e. The topological polar surface area (TPSA) is 137 Å². The molecule has 4 aromatic rings. The minimum Gasteiger partial charge on any atom is -0.375 e. The van der Waals surface area contributed by atoms with Crippen molar-refractivity contribution in [2.45, 2.75) is 75.6 Å². The fourth-order valence-electron chi connectivity index (χ4n) is 7.28. The predicted octanol–water partition coefficient (Wildman–Crippen LogP) is 5.43. The van der Waals surface area contributed by atoms with E-state index in [0.29, 0.717) is 29.7 Å². The molecule has 12 nitrogen and oxygen atoms in total. The van der Waals surface area contributed by atoms with Gasteiger partial charge in [-0.15, -0.1) is 0 Å². The van der Waals surface area contributed by atoms with Gasteiger partial charge in [0.25, 0.3) is 0 Å². The first kappa shape index (κ1) is 31.6. The molecule has 3 fully saturated rings. The molecule has 3 aliphatic rings. The molecule has 2 saturated heterocycles. The van der Waals surface area contributed by atoms with Crippen LogP contribution in [-0.4, -0.2) is 68.1 Å². The van der Waals surface area contributed by atoms with Gasteiger partial charge < -0.3 is 20.3 Å². The van der Waals surface area contributed by atoms with Crippen molar-refractivity contribution in [2.75, 3.05) is 34.8 Å². The zero-order valence-corrected chi connectivity index (χ0v) is 27.4. The van der Waals surface area contributed by atoms with Gasteiger partial charge >= 0.3 is 6.03 Å². The summed E-state index contributed by atoms with van der Waals surface area (Å²) in [5, 5.41) is 20.7. The summed E-state index contributed by atoms with van der Waals surface area (Å²) in [5.41, 5.74) is 3.45. The van der Waals surface area contributed by atoms with Gasteiger partial charge in [0.1, 0.15) is 17.5 Å². The number of carbonyl (C=O) groups is 1. The summed E-state index contributed by atoms with van der Waals surface area (Å²) < 4.78 is 7.86. The van der Waals surface area contributed by atoms with Crippen LogP contribution in [-0.2, 0) is 18.3 Å². The summed E-state index contributed by atoms with van der Waals surface area (Å²) in [6.45, 7) is 2.91. The van der Waals surface area contributed by atoms with Gasteiger partial charge in [-0.25, -0.2) is 14.8 Å². The summed E-state index contributed by atoms with van der Waals surface area (Å²) >= 11 is 0. The van der Waals surface area contributed by atoms with Gasteiger partial charge in [-0.2, -0.15) is 15.3 Å². The van der Waals surface area contributed by atoms with Crippen LogP contribution in [0.3, 0.4) is 0 Å². The number of pyridine rings is 1. The molecule has 0 atom stereocenters. The van der Waals surface area contributed by atoms with E-state index < -0.39 is 0 Å². The molecule has 248 valence electrons. The van der Waals surface area contributed by atoms with E-state index in [-0.39, 0.29) is 23.7 Å². The van der Waals surface area contributed by atoms with E-state index in [1.807, 2.05) is 66.8 Å². The Labute approximate surface area is 281 Å². The third-order valence-electron chi connectivity index (χ3n) is 9.98. The van der Waals surface area contributed by atoms with Crippen LogP contribution >= 0.6 is 0 Å². The highest BCUT2D eigenvalue weighted by atomic mass is 16.5. The van der Waals surface area contributed by atoms with E-state index in [1.165, 1.54) is 0 Å². The molecule has 7 rings (SSSR count). The van der Waals surface area contributed by atoms with Crippen molar-refractivity contribution >= 4 is 23.6 Å². The number of anilines is 3. The Hall–Kier alpha value is -5.02. The number of nitrogens with zero attached hydrogens (tertiary/aromatic N) is 8. The monoisotopic (exact) mass is 646 g/mol. The first-order valence-electron chi connectivity index (χ1n) is 17.0. The van der Waals surface area contributed by atoms with Crippen LogP contribution in [0.15, 0.2) is 67.3 Å². The summed E-state index contributed by atoms with van der Waals surface area (Å²) in [7, 11) is 1.89. The first-order valence-corrected chi connectivity index (χ1v) is 17.0. The Morgan fingerprint density at radius 2 is 1.83 bits per heavy atom. The lowest BCUT2D eigenvalue weighted by atomic mass is 9.88. The van der Waals surface area contributed by atoms with Crippen LogP contribution in [0.4, 0.5) is 22.4 Å². The maximum atomic E-state index is 13.8. The summed E-state index contributed by atoms with van der Waals surface area (Å²) in [6, 6.07) is 16.1. The molecule has 2 N–H and O–H groups in total. The third kappa shape index (κ3) is 6.96. The Bertz CT molecular complexity index is 1730. The number of aryl methyl sites for hydroxylation is 1. The SMILES string of the molecule is Cn1cc(-c2ccc(N(C(=O)NCc3ccccc3)C3CCC(Nc4ncc(C#N)c(N5CCC6(CCCO6)CC5)n4)CC3)nc2)cn1. The van der Waals surface area contributed by atoms with Crippen LogP contribution in [0.2, 0.25) is 0 Å². The molecule has 0 bridgehead atoms. The average molecular weight is 647 g/mol. The maximum absolute atomic E-state index is 13.8. The lowest BCUT2D eigenvalue weighted by Gasteiger charge is -2.39. The van der Waals surface area contributed by atoms with Crippen LogP contribution in [0.1, 0.15) is 62.5 Å². The Morgan fingerprint density at radius 1 is 1.02 bits per heavy atom. The molecule has 0 radical (unpaired) electrons. The highest BCUT2D eigenvalue weighted by Gasteiger charge is 2.39. The fourth-order valence-corrected chi connectivity index (χ4v) is 7.28. The van der Waals surface area contributed by atoms with Crippen molar-refractivity contribution in [3.8, 4) is 17.2 Å². The van der Waals surface area contributed by atoms with Gasteiger partial charge in [-0.05, 0) is 69.1 Å². The quantitative estimate of drug-likeness (QED) is 0.257. The molecule has 1 saturated carbocycles. The number of nitriles is 1. The van der Waals surface area contributed by atoms with Crippen LogP contribution in [0, 0.1) is 11.3 Å². The molecule has 0 unspecified atom stereocenters.